The smallest absolute Gasteiger partial charge is 0.133 e. The van der Waals surface area contributed by atoms with Gasteiger partial charge in [0.15, 0.2) is 0 Å². The molecule has 0 saturated carbocycles. The Balaban J connectivity index is 2.01. The van der Waals surface area contributed by atoms with E-state index >= 15 is 0 Å². The highest BCUT2D eigenvalue weighted by Crippen LogP contribution is 2.47. The SMILES string of the molecule is CCNc1nc(C)nc2c1CCSc1c-2sc2ccccc12. The van der Waals surface area contributed by atoms with Gasteiger partial charge in [0.2, 0.25) is 0 Å². The lowest BCUT2D eigenvalue weighted by Crippen LogP contribution is -2.08. The summed E-state index contributed by atoms with van der Waals surface area (Å²) in [5.74, 6) is 2.92. The lowest BCUT2D eigenvalue weighted by atomic mass is 10.1. The molecule has 3 aromatic rings. The van der Waals surface area contributed by atoms with Crippen LogP contribution in [-0.2, 0) is 6.42 Å². The molecule has 3 heterocycles. The Bertz CT molecular complexity index is 854. The Morgan fingerprint density at radius 2 is 2.09 bits per heavy atom. The number of hydrogen-bond donors (Lipinski definition) is 1. The van der Waals surface area contributed by atoms with Crippen molar-refractivity contribution in [2.45, 2.75) is 25.2 Å². The van der Waals surface area contributed by atoms with E-state index in [9.17, 15) is 0 Å². The van der Waals surface area contributed by atoms with Gasteiger partial charge >= 0.3 is 0 Å². The molecule has 1 aliphatic heterocycles. The van der Waals surface area contributed by atoms with Gasteiger partial charge in [-0.2, -0.15) is 0 Å². The fourth-order valence-electron chi connectivity index (χ4n) is 2.91. The first-order valence-corrected chi connectivity index (χ1v) is 9.34. The molecule has 0 atom stereocenters. The molecule has 3 nitrogen and oxygen atoms in total. The Labute approximate surface area is 138 Å². The van der Waals surface area contributed by atoms with Crippen molar-refractivity contribution in [3.63, 3.8) is 0 Å². The topological polar surface area (TPSA) is 37.8 Å². The summed E-state index contributed by atoms with van der Waals surface area (Å²) in [5.41, 5.74) is 2.40. The van der Waals surface area contributed by atoms with Gasteiger partial charge in [0, 0.05) is 32.8 Å². The number of aromatic nitrogens is 2. The van der Waals surface area contributed by atoms with E-state index in [0.29, 0.717) is 0 Å². The molecule has 1 N–H and O–H groups in total. The maximum Gasteiger partial charge on any atom is 0.133 e. The summed E-state index contributed by atoms with van der Waals surface area (Å²) in [7, 11) is 0. The van der Waals surface area contributed by atoms with Gasteiger partial charge in [0.1, 0.15) is 11.6 Å². The summed E-state index contributed by atoms with van der Waals surface area (Å²) in [6.07, 6.45) is 1.01. The Morgan fingerprint density at radius 1 is 1.23 bits per heavy atom. The second-order valence-electron chi connectivity index (χ2n) is 5.33. The largest absolute Gasteiger partial charge is 0.370 e. The molecule has 0 saturated heterocycles. The van der Waals surface area contributed by atoms with Crippen molar-refractivity contribution in [1.82, 2.24) is 9.97 Å². The quantitative estimate of drug-likeness (QED) is 0.737. The van der Waals surface area contributed by atoms with Crippen molar-refractivity contribution in [1.29, 1.82) is 0 Å². The maximum atomic E-state index is 4.80. The van der Waals surface area contributed by atoms with Crippen LogP contribution >= 0.6 is 23.1 Å². The molecule has 0 unspecified atom stereocenters. The van der Waals surface area contributed by atoms with Gasteiger partial charge in [-0.05, 0) is 26.3 Å². The molecule has 1 aromatic carbocycles. The number of anilines is 1. The van der Waals surface area contributed by atoms with E-state index in [1.165, 1.54) is 25.4 Å². The number of thioether (sulfide) groups is 1. The predicted molar refractivity (Wildman–Crippen MR) is 96.2 cm³/mol. The summed E-state index contributed by atoms with van der Waals surface area (Å²) in [4.78, 5) is 12.1. The minimum atomic E-state index is 0.838. The minimum Gasteiger partial charge on any atom is -0.370 e. The van der Waals surface area contributed by atoms with Gasteiger partial charge in [-0.15, -0.1) is 23.1 Å². The number of aryl methyl sites for hydroxylation is 1. The normalized spacial score (nSPS) is 13.5. The fraction of sp³-hybridized carbons (Fsp3) is 0.294. The van der Waals surface area contributed by atoms with Crippen LogP contribution in [-0.4, -0.2) is 22.3 Å². The Hall–Kier alpha value is -1.59. The third-order valence-corrected chi connectivity index (χ3v) is 6.25. The summed E-state index contributed by atoms with van der Waals surface area (Å²) in [5, 5.41) is 4.78. The predicted octanol–water partition coefficient (Wildman–Crippen LogP) is 4.75. The number of fused-ring (bicyclic) bond motifs is 5. The van der Waals surface area contributed by atoms with E-state index in [0.717, 1.165) is 36.1 Å². The van der Waals surface area contributed by atoms with E-state index in [1.807, 2.05) is 30.0 Å². The molecule has 0 bridgehead atoms. The number of nitrogens with one attached hydrogen (secondary N) is 1. The summed E-state index contributed by atoms with van der Waals surface area (Å²) >= 11 is 3.80. The van der Waals surface area contributed by atoms with Crippen LogP contribution in [0, 0.1) is 6.92 Å². The highest BCUT2D eigenvalue weighted by atomic mass is 32.2. The van der Waals surface area contributed by atoms with Crippen molar-refractivity contribution in [3.8, 4) is 10.6 Å². The zero-order valence-corrected chi connectivity index (χ0v) is 14.3. The molecule has 0 aliphatic carbocycles. The molecular formula is C17H17N3S2. The van der Waals surface area contributed by atoms with Gasteiger partial charge in [0.25, 0.3) is 0 Å². The van der Waals surface area contributed by atoms with Gasteiger partial charge in [-0.1, -0.05) is 18.2 Å². The molecule has 2 aromatic heterocycles. The number of nitrogens with zero attached hydrogens (tertiary/aromatic N) is 2. The third kappa shape index (κ3) is 2.20. The number of benzene rings is 1. The summed E-state index contributed by atoms with van der Waals surface area (Å²) < 4.78 is 1.34. The van der Waals surface area contributed by atoms with Crippen molar-refractivity contribution >= 4 is 39.0 Å². The second-order valence-corrected chi connectivity index (χ2v) is 7.49. The molecule has 0 spiro atoms. The molecular weight excluding hydrogens is 310 g/mol. The molecule has 0 amide bonds. The lowest BCUT2D eigenvalue weighted by molar-refractivity contribution is 0.991. The first-order chi connectivity index (χ1) is 10.8. The second kappa shape index (κ2) is 5.56. The maximum absolute atomic E-state index is 4.80. The summed E-state index contributed by atoms with van der Waals surface area (Å²) in [6, 6.07) is 8.66. The van der Waals surface area contributed by atoms with E-state index < -0.39 is 0 Å². The van der Waals surface area contributed by atoms with Crippen LogP contribution in [0.25, 0.3) is 20.7 Å². The highest BCUT2D eigenvalue weighted by molar-refractivity contribution is 7.99. The van der Waals surface area contributed by atoms with Crippen LogP contribution < -0.4 is 5.32 Å². The van der Waals surface area contributed by atoms with Crippen molar-refractivity contribution in [2.75, 3.05) is 17.6 Å². The average Bonchev–Trinajstić information content (AvgIpc) is 2.78. The molecule has 22 heavy (non-hydrogen) atoms. The molecule has 1 aliphatic rings. The van der Waals surface area contributed by atoms with E-state index in [2.05, 4.69) is 41.5 Å². The molecule has 0 radical (unpaired) electrons. The van der Waals surface area contributed by atoms with Gasteiger partial charge in [0.05, 0.1) is 10.6 Å². The van der Waals surface area contributed by atoms with Crippen LogP contribution in [0.3, 0.4) is 0 Å². The zero-order valence-electron chi connectivity index (χ0n) is 12.6. The monoisotopic (exact) mass is 327 g/mol. The van der Waals surface area contributed by atoms with Crippen LogP contribution in [0.2, 0.25) is 0 Å². The molecule has 5 heteroatoms. The zero-order chi connectivity index (χ0) is 15.1. The average molecular weight is 327 g/mol. The van der Waals surface area contributed by atoms with Crippen LogP contribution in [0.4, 0.5) is 5.82 Å². The van der Waals surface area contributed by atoms with Crippen LogP contribution in [0.5, 0.6) is 0 Å². The first kappa shape index (κ1) is 14.0. The van der Waals surface area contributed by atoms with Crippen molar-refractivity contribution < 1.29 is 0 Å². The Kier molecular flexibility index (Phi) is 3.54. The summed E-state index contributed by atoms with van der Waals surface area (Å²) in [6.45, 7) is 4.97. The fourth-order valence-corrected chi connectivity index (χ4v) is 5.46. The van der Waals surface area contributed by atoms with Gasteiger partial charge < -0.3 is 5.32 Å². The Morgan fingerprint density at radius 3 is 2.95 bits per heavy atom. The molecule has 0 fully saturated rings. The number of thiophene rings is 1. The van der Waals surface area contributed by atoms with Gasteiger partial charge in [-0.25, -0.2) is 9.97 Å². The number of rotatable bonds is 2. The van der Waals surface area contributed by atoms with Crippen LogP contribution in [0.1, 0.15) is 18.3 Å². The van der Waals surface area contributed by atoms with Crippen molar-refractivity contribution in [2.24, 2.45) is 0 Å². The van der Waals surface area contributed by atoms with Crippen LogP contribution in [0.15, 0.2) is 29.2 Å². The van der Waals surface area contributed by atoms with E-state index in [1.54, 1.807) is 0 Å². The number of hydrogen-bond acceptors (Lipinski definition) is 5. The standard InChI is InChI=1S/C17H17N3S2/c1-3-18-17-12-8-9-21-15-11-6-4-5-7-13(11)22-16(15)14(12)19-10(2)20-17/h4-7H,3,8-9H2,1-2H3,(H,18,19,20). The van der Waals surface area contributed by atoms with Gasteiger partial charge in [-0.3, -0.25) is 0 Å². The third-order valence-electron chi connectivity index (χ3n) is 3.83. The first-order valence-electron chi connectivity index (χ1n) is 7.54. The van der Waals surface area contributed by atoms with Crippen molar-refractivity contribution in [3.05, 3.63) is 35.7 Å². The highest BCUT2D eigenvalue weighted by Gasteiger charge is 2.24. The van der Waals surface area contributed by atoms with E-state index in [4.69, 9.17) is 4.98 Å². The lowest BCUT2D eigenvalue weighted by Gasteiger charge is -2.12. The molecule has 4 rings (SSSR count). The molecule has 112 valence electrons. The minimum absolute atomic E-state index is 0.838. The van der Waals surface area contributed by atoms with E-state index in [-0.39, 0.29) is 0 Å².